The largest absolute Gasteiger partial charge is 0.392 e. The molecule has 0 fully saturated rings. The van der Waals surface area contributed by atoms with Crippen LogP contribution in [0.1, 0.15) is 20.8 Å². The minimum absolute atomic E-state index is 0. The number of hydrogen-bond acceptors (Lipinski definition) is 1. The van der Waals surface area contributed by atoms with Gasteiger partial charge in [0.2, 0.25) is 0 Å². The first-order valence-electron chi connectivity index (χ1n) is 4.07. The molecule has 0 saturated heterocycles. The second kappa shape index (κ2) is 7.76. The average Bonchev–Trinajstić information content (AvgIpc) is 1.98. The van der Waals surface area contributed by atoms with Crippen molar-refractivity contribution in [3.63, 3.8) is 0 Å². The third-order valence-electron chi connectivity index (χ3n) is 1.77. The van der Waals surface area contributed by atoms with Gasteiger partial charge in [0.25, 0.3) is 0 Å². The topological polar surface area (TPSA) is 20.2 Å². The predicted octanol–water partition coefficient (Wildman–Crippen LogP) is 2.38. The van der Waals surface area contributed by atoms with Crippen LogP contribution < -0.4 is 0 Å². The molecule has 0 spiro atoms. The number of aliphatic hydroxyl groups excluding tert-OH is 1. The van der Waals surface area contributed by atoms with Crippen LogP contribution in [0.25, 0.3) is 0 Å². The molecule has 0 aliphatic heterocycles. The monoisotopic (exact) mass is 338 g/mol. The first-order chi connectivity index (χ1) is 5.09. The van der Waals surface area contributed by atoms with E-state index in [9.17, 15) is 5.11 Å². The zero-order chi connectivity index (χ0) is 8.85. The van der Waals surface area contributed by atoms with Gasteiger partial charge in [-0.25, -0.2) is 0 Å². The van der Waals surface area contributed by atoms with Crippen molar-refractivity contribution in [3.05, 3.63) is 24.8 Å². The first kappa shape index (κ1) is 14.6. The number of hydrogen-bond donors (Lipinski definition) is 1. The van der Waals surface area contributed by atoms with Crippen molar-refractivity contribution in [3.8, 4) is 0 Å². The van der Waals surface area contributed by atoms with Gasteiger partial charge in [-0.15, -0.1) is 0 Å². The van der Waals surface area contributed by atoms with Gasteiger partial charge < -0.3 is 5.11 Å². The van der Waals surface area contributed by atoms with Gasteiger partial charge in [0, 0.05) is 27.0 Å². The molecule has 1 N–H and O–H groups in total. The molecule has 2 heteroatoms. The van der Waals surface area contributed by atoms with Crippen molar-refractivity contribution in [2.45, 2.75) is 26.9 Å². The van der Waals surface area contributed by atoms with Gasteiger partial charge in [-0.3, -0.25) is 0 Å². The maximum absolute atomic E-state index is 9.54. The van der Waals surface area contributed by atoms with Crippen molar-refractivity contribution < 1.29 is 26.2 Å². The van der Waals surface area contributed by atoms with Gasteiger partial charge in [-0.05, 0) is 5.92 Å². The smallest absolute Gasteiger partial charge is 0.0623 e. The van der Waals surface area contributed by atoms with Crippen molar-refractivity contribution in [2.24, 2.45) is 11.8 Å². The molecule has 2 atom stereocenters. The van der Waals surface area contributed by atoms with E-state index in [-0.39, 0.29) is 33.1 Å². The van der Waals surface area contributed by atoms with Gasteiger partial charge in [-0.2, -0.15) is 0 Å². The van der Waals surface area contributed by atoms with Crippen LogP contribution in [-0.4, -0.2) is 11.2 Å². The van der Waals surface area contributed by atoms with Crippen molar-refractivity contribution in [2.75, 3.05) is 0 Å². The summed E-state index contributed by atoms with van der Waals surface area (Å²) >= 11 is 0. The molecular weight excluding hydrogens is 320 g/mol. The summed E-state index contributed by atoms with van der Waals surface area (Å²) in [4.78, 5) is 0. The summed E-state index contributed by atoms with van der Waals surface area (Å²) in [7, 11) is 0. The van der Waals surface area contributed by atoms with Crippen LogP contribution in [0.15, 0.2) is 24.8 Å². The van der Waals surface area contributed by atoms with Gasteiger partial charge in [0.05, 0.1) is 6.10 Å². The van der Waals surface area contributed by atoms with Crippen molar-refractivity contribution in [1.82, 2.24) is 0 Å². The molecule has 0 radical (unpaired) electrons. The van der Waals surface area contributed by atoms with E-state index in [2.05, 4.69) is 6.58 Å². The molecule has 0 rings (SSSR count). The molecule has 1 nitrogen and oxygen atoms in total. The molecule has 0 aromatic heterocycles. The summed E-state index contributed by atoms with van der Waals surface area (Å²) in [5, 5.41) is 9.54. The Balaban J connectivity index is 0. The first-order valence-corrected chi connectivity index (χ1v) is 4.07. The second-order valence-electron chi connectivity index (χ2n) is 3.21. The zero-order valence-corrected chi connectivity index (χ0v) is 11.0. The number of allylic oxidation sites excluding steroid dienone is 2. The van der Waals surface area contributed by atoms with Crippen molar-refractivity contribution in [1.29, 1.82) is 0 Å². The Morgan fingerprint density at radius 3 is 2.08 bits per heavy atom. The van der Waals surface area contributed by atoms with Crippen LogP contribution in [0.2, 0.25) is 0 Å². The minimum atomic E-state index is -0.244. The number of aliphatic hydroxyl groups is 1. The average molecular weight is 338 g/mol. The van der Waals surface area contributed by atoms with Gasteiger partial charge in [0.1, 0.15) is 0 Å². The number of rotatable bonds is 4. The Bertz CT molecular complexity index is 141. The minimum Gasteiger partial charge on any atom is -0.392 e. The predicted molar refractivity (Wildman–Crippen MR) is 49.3 cm³/mol. The van der Waals surface area contributed by atoms with Crippen molar-refractivity contribution >= 4 is 0 Å². The van der Waals surface area contributed by atoms with Crippen LogP contribution in [0.4, 0.5) is 0 Å². The van der Waals surface area contributed by atoms with Gasteiger partial charge >= 0.3 is 0 Å². The van der Waals surface area contributed by atoms with E-state index < -0.39 is 0 Å². The molecule has 0 aromatic rings. The molecule has 0 aliphatic carbocycles. The van der Waals surface area contributed by atoms with E-state index in [0.717, 1.165) is 0 Å². The van der Waals surface area contributed by atoms with E-state index in [0.29, 0.717) is 5.92 Å². The Kier molecular flexibility index (Phi) is 9.47. The zero-order valence-electron chi connectivity index (χ0n) is 8.03. The Hall–Kier alpha value is 0.128. The molecule has 70 valence electrons. The van der Waals surface area contributed by atoms with E-state index in [1.165, 1.54) is 0 Å². The quantitative estimate of drug-likeness (QED) is 0.781. The van der Waals surface area contributed by atoms with Crippen LogP contribution >= 0.6 is 0 Å². The summed E-state index contributed by atoms with van der Waals surface area (Å²) in [5.41, 5.74) is 0. The SMILES string of the molecule is C=C/C=C/[C@@H](C)[C@@H](O)C(C)C.[W]. The Morgan fingerprint density at radius 2 is 1.75 bits per heavy atom. The standard InChI is InChI=1S/C10H18O.W/c1-5-6-7-9(4)10(11)8(2)3;/h5-11H,1H2,2-4H3;/b7-6+;/t9-,10+;/m1./s1. The summed E-state index contributed by atoms with van der Waals surface area (Å²) in [6.45, 7) is 9.61. The normalized spacial score (nSPS) is 15.8. The molecule has 0 aromatic carbocycles. The maximum Gasteiger partial charge on any atom is 0.0623 e. The van der Waals surface area contributed by atoms with Crippen LogP contribution in [0.3, 0.4) is 0 Å². The van der Waals surface area contributed by atoms with Gasteiger partial charge in [-0.1, -0.05) is 45.6 Å². The Labute approximate surface area is 89.8 Å². The molecule has 0 heterocycles. The molecule has 12 heavy (non-hydrogen) atoms. The van der Waals surface area contributed by atoms with E-state index in [1.807, 2.05) is 32.9 Å². The van der Waals surface area contributed by atoms with E-state index in [1.54, 1.807) is 6.08 Å². The third-order valence-corrected chi connectivity index (χ3v) is 1.77. The van der Waals surface area contributed by atoms with E-state index in [4.69, 9.17) is 0 Å². The maximum atomic E-state index is 9.54. The summed E-state index contributed by atoms with van der Waals surface area (Å²) in [6, 6.07) is 0. The van der Waals surface area contributed by atoms with Gasteiger partial charge in [0.15, 0.2) is 0 Å². The fourth-order valence-electron chi connectivity index (χ4n) is 0.975. The molecule has 0 aliphatic rings. The van der Waals surface area contributed by atoms with Crippen LogP contribution in [0, 0.1) is 11.8 Å². The summed E-state index contributed by atoms with van der Waals surface area (Å²) in [5.74, 6) is 0.535. The molecule has 0 amide bonds. The molecule has 0 saturated carbocycles. The van der Waals surface area contributed by atoms with Crippen LogP contribution in [-0.2, 0) is 21.1 Å². The second-order valence-corrected chi connectivity index (χ2v) is 3.21. The summed E-state index contributed by atoms with van der Waals surface area (Å²) < 4.78 is 0. The molecular formula is C10H18OW. The van der Waals surface area contributed by atoms with E-state index >= 15 is 0 Å². The fraction of sp³-hybridized carbons (Fsp3) is 0.600. The Morgan fingerprint density at radius 1 is 1.25 bits per heavy atom. The molecule has 0 bridgehead atoms. The third kappa shape index (κ3) is 5.74. The molecule has 0 unspecified atom stereocenters. The van der Waals surface area contributed by atoms with Crippen LogP contribution in [0.5, 0.6) is 0 Å². The fourth-order valence-corrected chi connectivity index (χ4v) is 0.975. The summed E-state index contributed by atoms with van der Waals surface area (Å²) in [6.07, 6.45) is 5.32.